The van der Waals surface area contributed by atoms with Gasteiger partial charge in [-0.05, 0) is 38.1 Å². The number of likely N-dealkylation sites (N-methyl/N-ethyl adjacent to an activating group) is 1. The van der Waals surface area contributed by atoms with Crippen molar-refractivity contribution in [1.29, 1.82) is 0 Å². The molecule has 0 unspecified atom stereocenters. The highest BCUT2D eigenvalue weighted by molar-refractivity contribution is 7.92. The van der Waals surface area contributed by atoms with Crippen LogP contribution in [0, 0.1) is 0 Å². The number of anilines is 1. The molecular weight excluding hydrogens is 350 g/mol. The predicted octanol–water partition coefficient (Wildman–Crippen LogP) is 1.66. The zero-order chi connectivity index (χ0) is 17.3. The number of halogens is 1. The normalized spacial score (nSPS) is 21.8. The standard InChI is InChI=1S/C16H22ClN3O3S/c1-18-7-9-19(10-8-18)16(21)14-5-4-13(12-15(14)17)20-6-2-3-11-24(20,22)23/h4-5,12H,2-3,6-11H2,1H3. The van der Waals surface area contributed by atoms with Crippen LogP contribution in [-0.4, -0.2) is 69.6 Å². The summed E-state index contributed by atoms with van der Waals surface area (Å²) in [6, 6.07) is 4.91. The van der Waals surface area contributed by atoms with Gasteiger partial charge >= 0.3 is 0 Å². The minimum Gasteiger partial charge on any atom is -0.336 e. The van der Waals surface area contributed by atoms with E-state index in [2.05, 4.69) is 4.90 Å². The zero-order valence-corrected chi connectivity index (χ0v) is 15.3. The number of benzene rings is 1. The van der Waals surface area contributed by atoms with E-state index in [-0.39, 0.29) is 11.7 Å². The first-order valence-corrected chi connectivity index (χ1v) is 10.1. The van der Waals surface area contributed by atoms with Gasteiger partial charge in [0.1, 0.15) is 0 Å². The van der Waals surface area contributed by atoms with Crippen LogP contribution in [-0.2, 0) is 10.0 Å². The lowest BCUT2D eigenvalue weighted by Crippen LogP contribution is -2.47. The molecule has 132 valence electrons. The van der Waals surface area contributed by atoms with Crippen LogP contribution >= 0.6 is 11.6 Å². The second kappa shape index (κ2) is 6.90. The SMILES string of the molecule is CN1CCN(C(=O)c2ccc(N3CCCCS3(=O)=O)cc2Cl)CC1. The van der Waals surface area contributed by atoms with Gasteiger partial charge in [-0.25, -0.2) is 8.42 Å². The largest absolute Gasteiger partial charge is 0.336 e. The highest BCUT2D eigenvalue weighted by Crippen LogP contribution is 2.29. The first-order valence-electron chi connectivity index (χ1n) is 8.16. The minimum atomic E-state index is -3.28. The van der Waals surface area contributed by atoms with Crippen molar-refractivity contribution in [3.63, 3.8) is 0 Å². The highest BCUT2D eigenvalue weighted by Gasteiger charge is 2.27. The van der Waals surface area contributed by atoms with Gasteiger partial charge in [0.05, 0.1) is 22.0 Å². The molecule has 3 rings (SSSR count). The van der Waals surface area contributed by atoms with Gasteiger partial charge in [-0.2, -0.15) is 0 Å². The molecule has 0 radical (unpaired) electrons. The number of amides is 1. The Bertz CT molecular complexity index is 730. The Kier molecular flexibility index (Phi) is 5.03. The van der Waals surface area contributed by atoms with Crippen LogP contribution in [0.4, 0.5) is 5.69 Å². The predicted molar refractivity (Wildman–Crippen MR) is 95.2 cm³/mol. The van der Waals surface area contributed by atoms with E-state index >= 15 is 0 Å². The number of nitrogens with zero attached hydrogens (tertiary/aromatic N) is 3. The van der Waals surface area contributed by atoms with E-state index in [1.165, 1.54) is 4.31 Å². The quantitative estimate of drug-likeness (QED) is 0.793. The minimum absolute atomic E-state index is 0.0962. The van der Waals surface area contributed by atoms with E-state index in [4.69, 9.17) is 11.6 Å². The van der Waals surface area contributed by atoms with Crippen LogP contribution in [0.3, 0.4) is 0 Å². The molecule has 1 amide bonds. The first kappa shape index (κ1) is 17.5. The fourth-order valence-electron chi connectivity index (χ4n) is 3.09. The summed E-state index contributed by atoms with van der Waals surface area (Å²) in [6.45, 7) is 3.49. The molecule has 24 heavy (non-hydrogen) atoms. The monoisotopic (exact) mass is 371 g/mol. The second-order valence-corrected chi connectivity index (χ2v) is 8.77. The van der Waals surface area contributed by atoms with Crippen LogP contribution < -0.4 is 4.31 Å². The van der Waals surface area contributed by atoms with Crippen LogP contribution in [0.25, 0.3) is 0 Å². The van der Waals surface area contributed by atoms with E-state index in [0.717, 1.165) is 19.5 Å². The summed E-state index contributed by atoms with van der Waals surface area (Å²) >= 11 is 6.31. The van der Waals surface area contributed by atoms with Crippen molar-refractivity contribution in [1.82, 2.24) is 9.80 Å². The number of piperazine rings is 1. The van der Waals surface area contributed by atoms with Crippen molar-refractivity contribution >= 4 is 33.2 Å². The molecule has 2 heterocycles. The van der Waals surface area contributed by atoms with E-state index in [1.54, 1.807) is 23.1 Å². The van der Waals surface area contributed by atoms with Gasteiger partial charge < -0.3 is 9.80 Å². The lowest BCUT2D eigenvalue weighted by Gasteiger charge is -2.33. The average molecular weight is 372 g/mol. The molecule has 1 aromatic rings. The van der Waals surface area contributed by atoms with Crippen molar-refractivity contribution in [2.45, 2.75) is 12.8 Å². The molecule has 0 N–H and O–H groups in total. The third kappa shape index (κ3) is 3.53. The molecule has 2 saturated heterocycles. The fraction of sp³-hybridized carbons (Fsp3) is 0.562. The summed E-state index contributed by atoms with van der Waals surface area (Å²) < 4.78 is 25.8. The molecule has 6 nitrogen and oxygen atoms in total. The Morgan fingerprint density at radius 2 is 1.79 bits per heavy atom. The van der Waals surface area contributed by atoms with E-state index in [1.807, 2.05) is 7.05 Å². The number of hydrogen-bond acceptors (Lipinski definition) is 4. The molecule has 2 aliphatic heterocycles. The summed E-state index contributed by atoms with van der Waals surface area (Å²) in [5.41, 5.74) is 0.967. The van der Waals surface area contributed by atoms with Crippen LogP contribution in [0.1, 0.15) is 23.2 Å². The molecule has 0 saturated carbocycles. The molecule has 0 aliphatic carbocycles. The molecule has 2 aliphatic rings. The zero-order valence-electron chi connectivity index (χ0n) is 13.7. The summed E-state index contributed by atoms with van der Waals surface area (Å²) in [4.78, 5) is 16.6. The molecule has 2 fully saturated rings. The number of hydrogen-bond donors (Lipinski definition) is 0. The molecule has 0 bridgehead atoms. The Labute approximate surface area is 148 Å². The maximum absolute atomic E-state index is 12.6. The topological polar surface area (TPSA) is 60.9 Å². The third-order valence-electron chi connectivity index (χ3n) is 4.61. The Morgan fingerprint density at radius 1 is 1.08 bits per heavy atom. The number of sulfonamides is 1. The smallest absolute Gasteiger partial charge is 0.255 e. The maximum atomic E-state index is 12.6. The summed E-state index contributed by atoms with van der Waals surface area (Å²) in [7, 11) is -1.25. The van der Waals surface area contributed by atoms with Crippen LogP contribution in [0.5, 0.6) is 0 Å². The lowest BCUT2D eigenvalue weighted by molar-refractivity contribution is 0.0664. The molecular formula is C16H22ClN3O3S. The summed E-state index contributed by atoms with van der Waals surface area (Å²) in [5, 5.41) is 0.303. The van der Waals surface area contributed by atoms with Crippen molar-refractivity contribution in [3.8, 4) is 0 Å². The summed E-state index contributed by atoms with van der Waals surface area (Å²) in [6.07, 6.45) is 1.52. The Balaban J connectivity index is 1.81. The van der Waals surface area contributed by atoms with Gasteiger partial charge in [-0.1, -0.05) is 11.6 Å². The summed E-state index contributed by atoms with van der Waals surface area (Å²) in [5.74, 6) is 0.0632. The van der Waals surface area contributed by atoms with Gasteiger partial charge in [0.2, 0.25) is 10.0 Å². The van der Waals surface area contributed by atoms with Gasteiger partial charge in [0.15, 0.2) is 0 Å². The molecule has 0 aromatic heterocycles. The van der Waals surface area contributed by atoms with Crippen LogP contribution in [0.2, 0.25) is 5.02 Å². The molecule has 8 heteroatoms. The van der Waals surface area contributed by atoms with Crippen molar-refractivity contribution < 1.29 is 13.2 Å². The van der Waals surface area contributed by atoms with Crippen molar-refractivity contribution in [2.75, 3.05) is 49.8 Å². The van der Waals surface area contributed by atoms with E-state index in [0.29, 0.717) is 42.3 Å². The van der Waals surface area contributed by atoms with Gasteiger partial charge in [-0.3, -0.25) is 9.10 Å². The molecule has 1 aromatic carbocycles. The van der Waals surface area contributed by atoms with Gasteiger partial charge in [0, 0.05) is 32.7 Å². The third-order valence-corrected chi connectivity index (χ3v) is 6.79. The second-order valence-electron chi connectivity index (χ2n) is 6.35. The Morgan fingerprint density at radius 3 is 2.42 bits per heavy atom. The van der Waals surface area contributed by atoms with Crippen LogP contribution in [0.15, 0.2) is 18.2 Å². The van der Waals surface area contributed by atoms with Gasteiger partial charge in [0.25, 0.3) is 5.91 Å². The van der Waals surface area contributed by atoms with Gasteiger partial charge in [-0.15, -0.1) is 0 Å². The van der Waals surface area contributed by atoms with Crippen molar-refractivity contribution in [2.24, 2.45) is 0 Å². The van der Waals surface area contributed by atoms with Crippen molar-refractivity contribution in [3.05, 3.63) is 28.8 Å². The van der Waals surface area contributed by atoms with E-state index in [9.17, 15) is 13.2 Å². The number of carbonyl (C=O) groups is 1. The highest BCUT2D eigenvalue weighted by atomic mass is 35.5. The Hall–Kier alpha value is -1.31. The average Bonchev–Trinajstić information content (AvgIpc) is 2.54. The van der Waals surface area contributed by atoms with E-state index < -0.39 is 10.0 Å². The first-order chi connectivity index (χ1) is 11.4. The molecule has 0 spiro atoms. The maximum Gasteiger partial charge on any atom is 0.255 e. The lowest BCUT2D eigenvalue weighted by atomic mass is 10.1. The molecule has 0 atom stereocenters. The number of rotatable bonds is 2. The number of carbonyl (C=O) groups excluding carboxylic acids is 1. The fourth-order valence-corrected chi connectivity index (χ4v) is 4.98.